The van der Waals surface area contributed by atoms with Gasteiger partial charge in [0.2, 0.25) is 0 Å². The third-order valence-electron chi connectivity index (χ3n) is 6.30. The van der Waals surface area contributed by atoms with Gasteiger partial charge < -0.3 is 4.90 Å². The highest BCUT2D eigenvalue weighted by atomic mass is 16.2. The maximum Gasteiger partial charge on any atom is 0.257 e. The molecule has 0 N–H and O–H groups in total. The van der Waals surface area contributed by atoms with Gasteiger partial charge in [-0.3, -0.25) is 9.69 Å². The molecular weight excluding hydrogens is 348 g/mol. The molecule has 1 aromatic carbocycles. The highest BCUT2D eigenvalue weighted by Crippen LogP contribution is 2.27. The van der Waals surface area contributed by atoms with Crippen LogP contribution in [0.25, 0.3) is 5.69 Å². The lowest BCUT2D eigenvalue weighted by Gasteiger charge is -2.38. The van der Waals surface area contributed by atoms with Crippen LogP contribution in [-0.4, -0.2) is 57.7 Å². The molecule has 1 saturated carbocycles. The first-order valence-electron chi connectivity index (χ1n) is 10.7. The average Bonchev–Trinajstić information content (AvgIpc) is 3.38. The van der Waals surface area contributed by atoms with Crippen molar-refractivity contribution >= 4 is 5.91 Å². The van der Waals surface area contributed by atoms with E-state index in [4.69, 9.17) is 0 Å². The first kappa shape index (κ1) is 19.2. The fourth-order valence-corrected chi connectivity index (χ4v) is 4.70. The average molecular weight is 381 g/mol. The maximum absolute atomic E-state index is 13.3. The summed E-state index contributed by atoms with van der Waals surface area (Å²) in [7, 11) is 0. The largest absolute Gasteiger partial charge is 0.336 e. The predicted molar refractivity (Wildman–Crippen MR) is 112 cm³/mol. The predicted octanol–water partition coefficient (Wildman–Crippen LogP) is 4.00. The van der Waals surface area contributed by atoms with Crippen molar-refractivity contribution in [3.8, 4) is 5.69 Å². The van der Waals surface area contributed by atoms with Crippen LogP contribution >= 0.6 is 0 Å². The number of piperazine rings is 1. The van der Waals surface area contributed by atoms with Crippen LogP contribution in [0.2, 0.25) is 0 Å². The van der Waals surface area contributed by atoms with E-state index in [1.54, 1.807) is 6.20 Å². The maximum atomic E-state index is 13.3. The first-order valence-corrected chi connectivity index (χ1v) is 10.7. The number of benzene rings is 1. The van der Waals surface area contributed by atoms with Gasteiger partial charge in [0.25, 0.3) is 5.91 Å². The van der Waals surface area contributed by atoms with Crippen LogP contribution in [0.3, 0.4) is 0 Å². The second-order valence-electron chi connectivity index (χ2n) is 8.61. The Morgan fingerprint density at radius 1 is 1.04 bits per heavy atom. The Hall–Kier alpha value is -2.14. The summed E-state index contributed by atoms with van der Waals surface area (Å²) in [6.07, 6.45) is 7.14. The molecule has 2 fully saturated rings. The number of nitrogens with zero attached hydrogens (tertiary/aromatic N) is 4. The lowest BCUT2D eigenvalue weighted by molar-refractivity contribution is 0.0572. The summed E-state index contributed by atoms with van der Waals surface area (Å²) >= 11 is 0. The molecule has 0 atom stereocenters. The summed E-state index contributed by atoms with van der Waals surface area (Å²) in [5.74, 6) is 0.357. The van der Waals surface area contributed by atoms with Crippen molar-refractivity contribution in [1.82, 2.24) is 19.6 Å². The highest BCUT2D eigenvalue weighted by Gasteiger charge is 2.30. The van der Waals surface area contributed by atoms with E-state index in [0.717, 1.165) is 49.2 Å². The second-order valence-corrected chi connectivity index (χ2v) is 8.61. The van der Waals surface area contributed by atoms with Crippen LogP contribution in [0.15, 0.2) is 30.5 Å². The Balaban J connectivity index is 1.52. The van der Waals surface area contributed by atoms with E-state index >= 15 is 0 Å². The number of aromatic nitrogens is 2. The summed E-state index contributed by atoms with van der Waals surface area (Å²) in [4.78, 5) is 17.9. The molecule has 0 radical (unpaired) electrons. The molecule has 0 bridgehead atoms. The van der Waals surface area contributed by atoms with Crippen LogP contribution < -0.4 is 0 Å². The monoisotopic (exact) mass is 380 g/mol. The van der Waals surface area contributed by atoms with Crippen LogP contribution in [0.1, 0.15) is 67.1 Å². The first-order chi connectivity index (χ1) is 13.5. The Bertz CT molecular complexity index is 810. The quantitative estimate of drug-likeness (QED) is 0.805. The molecule has 1 amide bonds. The van der Waals surface area contributed by atoms with Gasteiger partial charge in [0.15, 0.2) is 0 Å². The molecule has 150 valence electrons. The Labute approximate surface area is 168 Å². The lowest BCUT2D eigenvalue weighted by Crippen LogP contribution is -2.51. The third kappa shape index (κ3) is 3.72. The van der Waals surface area contributed by atoms with Crippen molar-refractivity contribution in [3.05, 3.63) is 47.3 Å². The molecule has 1 aliphatic carbocycles. The molecule has 28 heavy (non-hydrogen) atoms. The van der Waals surface area contributed by atoms with Crippen LogP contribution in [-0.2, 0) is 0 Å². The van der Waals surface area contributed by atoms with Crippen molar-refractivity contribution in [1.29, 1.82) is 0 Å². The lowest BCUT2D eigenvalue weighted by atomic mass is 10.0. The van der Waals surface area contributed by atoms with E-state index in [9.17, 15) is 4.79 Å². The molecule has 0 spiro atoms. The smallest absolute Gasteiger partial charge is 0.257 e. The number of hydrogen-bond acceptors (Lipinski definition) is 3. The Kier molecular flexibility index (Phi) is 5.54. The summed E-state index contributed by atoms with van der Waals surface area (Å²) in [6.45, 7) is 9.99. The van der Waals surface area contributed by atoms with E-state index in [-0.39, 0.29) is 11.8 Å². The van der Waals surface area contributed by atoms with E-state index in [1.807, 2.05) is 9.58 Å². The minimum absolute atomic E-state index is 0.133. The summed E-state index contributed by atoms with van der Waals surface area (Å²) in [6, 6.07) is 9.06. The van der Waals surface area contributed by atoms with Gasteiger partial charge in [-0.1, -0.05) is 44.4 Å². The van der Waals surface area contributed by atoms with Gasteiger partial charge in [0, 0.05) is 32.2 Å². The second kappa shape index (κ2) is 8.08. The van der Waals surface area contributed by atoms with Crippen molar-refractivity contribution in [3.63, 3.8) is 0 Å². The van der Waals surface area contributed by atoms with E-state index < -0.39 is 0 Å². The van der Waals surface area contributed by atoms with Gasteiger partial charge in [-0.15, -0.1) is 0 Å². The molecule has 5 heteroatoms. The minimum Gasteiger partial charge on any atom is -0.336 e. The summed E-state index contributed by atoms with van der Waals surface area (Å²) < 4.78 is 1.94. The van der Waals surface area contributed by atoms with Crippen molar-refractivity contribution in [2.45, 2.75) is 58.4 Å². The number of carbonyl (C=O) groups excluding carboxylic acids is 1. The molecule has 2 heterocycles. The van der Waals surface area contributed by atoms with Crippen molar-refractivity contribution < 1.29 is 4.79 Å². The summed E-state index contributed by atoms with van der Waals surface area (Å²) in [5, 5.41) is 4.59. The normalized spacial score (nSPS) is 18.9. The van der Waals surface area contributed by atoms with Gasteiger partial charge in [-0.05, 0) is 37.8 Å². The molecule has 1 aromatic heterocycles. The SMILES string of the molecule is Cc1ccc(-n2ncc(C(=O)N3CCN(C4CCCC4)CC3)c2C(C)C)cc1. The number of amides is 1. The molecule has 1 aliphatic heterocycles. The van der Waals surface area contributed by atoms with Gasteiger partial charge in [0.1, 0.15) is 0 Å². The van der Waals surface area contributed by atoms with Crippen molar-refractivity contribution in [2.24, 2.45) is 0 Å². The Morgan fingerprint density at radius 2 is 1.68 bits per heavy atom. The van der Waals surface area contributed by atoms with Crippen LogP contribution in [0.4, 0.5) is 0 Å². The van der Waals surface area contributed by atoms with Gasteiger partial charge >= 0.3 is 0 Å². The number of hydrogen-bond donors (Lipinski definition) is 0. The molecular formula is C23H32N4O. The molecule has 2 aromatic rings. The van der Waals surface area contributed by atoms with Crippen LogP contribution in [0.5, 0.6) is 0 Å². The van der Waals surface area contributed by atoms with Gasteiger partial charge in [-0.25, -0.2) is 4.68 Å². The molecule has 0 unspecified atom stereocenters. The molecule has 2 aliphatic rings. The fourth-order valence-electron chi connectivity index (χ4n) is 4.70. The zero-order valence-corrected chi connectivity index (χ0v) is 17.4. The van der Waals surface area contributed by atoms with Gasteiger partial charge in [0.05, 0.1) is 23.1 Å². The Morgan fingerprint density at radius 3 is 2.29 bits per heavy atom. The van der Waals surface area contributed by atoms with E-state index in [1.165, 1.54) is 31.2 Å². The van der Waals surface area contributed by atoms with Crippen LogP contribution in [0, 0.1) is 6.92 Å². The van der Waals surface area contributed by atoms with E-state index in [0.29, 0.717) is 0 Å². The molecule has 1 saturated heterocycles. The van der Waals surface area contributed by atoms with E-state index in [2.05, 4.69) is 55.0 Å². The van der Waals surface area contributed by atoms with Gasteiger partial charge in [-0.2, -0.15) is 5.10 Å². The topological polar surface area (TPSA) is 41.4 Å². The zero-order chi connectivity index (χ0) is 19.7. The number of aryl methyl sites for hydroxylation is 1. The summed E-state index contributed by atoms with van der Waals surface area (Å²) in [5.41, 5.74) is 4.00. The number of carbonyl (C=O) groups is 1. The third-order valence-corrected chi connectivity index (χ3v) is 6.30. The standard InChI is InChI=1S/C23H32N4O/c1-17(2)22-21(16-24-27(22)20-10-8-18(3)9-11-20)23(28)26-14-12-25(13-15-26)19-6-4-5-7-19/h8-11,16-17,19H,4-7,12-15H2,1-3H3. The zero-order valence-electron chi connectivity index (χ0n) is 17.4. The fraction of sp³-hybridized carbons (Fsp3) is 0.565. The molecule has 5 nitrogen and oxygen atoms in total. The van der Waals surface area contributed by atoms with Crippen molar-refractivity contribution in [2.75, 3.05) is 26.2 Å². The minimum atomic E-state index is 0.133. The highest BCUT2D eigenvalue weighted by molar-refractivity contribution is 5.95. The molecule has 4 rings (SSSR count). The number of rotatable bonds is 4.